The Labute approximate surface area is 100 Å². The molecule has 0 spiro atoms. The minimum absolute atomic E-state index is 0.881. The van der Waals surface area contributed by atoms with Crippen LogP contribution in [0, 0.1) is 5.92 Å². The van der Waals surface area contributed by atoms with Gasteiger partial charge in [-0.1, -0.05) is 0 Å². The fourth-order valence-corrected chi connectivity index (χ4v) is 2.38. The van der Waals surface area contributed by atoms with Gasteiger partial charge in [0, 0.05) is 19.1 Å². The lowest BCUT2D eigenvalue weighted by Crippen LogP contribution is -2.40. The molecule has 2 aliphatic rings. The zero-order valence-corrected chi connectivity index (χ0v) is 10.9. The van der Waals surface area contributed by atoms with Gasteiger partial charge >= 0.3 is 0 Å². The van der Waals surface area contributed by atoms with Gasteiger partial charge in [-0.05, 0) is 65.3 Å². The predicted octanol–water partition coefficient (Wildman–Crippen LogP) is 1.01. The fraction of sp³-hybridized carbons (Fsp3) is 1.00. The van der Waals surface area contributed by atoms with Crippen LogP contribution in [0.2, 0.25) is 0 Å². The van der Waals surface area contributed by atoms with Gasteiger partial charge in [-0.15, -0.1) is 0 Å². The summed E-state index contributed by atoms with van der Waals surface area (Å²) in [5.41, 5.74) is 0. The molecule has 16 heavy (non-hydrogen) atoms. The topological polar surface area (TPSA) is 18.5 Å². The SMILES string of the molecule is CN(C)CCN1CCC(CNC2CC2)CC1. The van der Waals surface area contributed by atoms with E-state index in [0.29, 0.717) is 0 Å². The van der Waals surface area contributed by atoms with Gasteiger partial charge in [0.05, 0.1) is 0 Å². The van der Waals surface area contributed by atoms with Crippen molar-refractivity contribution in [2.45, 2.75) is 31.7 Å². The molecule has 0 radical (unpaired) electrons. The molecule has 3 nitrogen and oxygen atoms in total. The Morgan fingerprint density at radius 2 is 1.81 bits per heavy atom. The number of hydrogen-bond donors (Lipinski definition) is 1. The summed E-state index contributed by atoms with van der Waals surface area (Å²) >= 11 is 0. The van der Waals surface area contributed by atoms with Crippen LogP contribution >= 0.6 is 0 Å². The largest absolute Gasteiger partial charge is 0.314 e. The zero-order valence-electron chi connectivity index (χ0n) is 10.9. The standard InChI is InChI=1S/C13H27N3/c1-15(2)9-10-16-7-5-12(6-8-16)11-14-13-3-4-13/h12-14H,3-11H2,1-2H3. The lowest BCUT2D eigenvalue weighted by molar-refractivity contribution is 0.169. The molecule has 1 saturated heterocycles. The Balaban J connectivity index is 1.54. The molecule has 0 atom stereocenters. The highest BCUT2D eigenvalue weighted by atomic mass is 15.2. The van der Waals surface area contributed by atoms with Crippen molar-refractivity contribution in [3.63, 3.8) is 0 Å². The van der Waals surface area contributed by atoms with Crippen molar-refractivity contribution in [1.29, 1.82) is 0 Å². The van der Waals surface area contributed by atoms with Gasteiger partial charge in [-0.3, -0.25) is 0 Å². The molecule has 0 amide bonds. The van der Waals surface area contributed by atoms with Gasteiger partial charge in [0.25, 0.3) is 0 Å². The molecule has 1 heterocycles. The van der Waals surface area contributed by atoms with Crippen molar-refractivity contribution in [3.05, 3.63) is 0 Å². The molecular formula is C13H27N3. The Hall–Kier alpha value is -0.120. The molecule has 1 saturated carbocycles. The number of rotatable bonds is 6. The van der Waals surface area contributed by atoms with Gasteiger partial charge in [0.2, 0.25) is 0 Å². The fourth-order valence-electron chi connectivity index (χ4n) is 2.38. The van der Waals surface area contributed by atoms with Crippen LogP contribution < -0.4 is 5.32 Å². The molecule has 1 aliphatic carbocycles. The van der Waals surface area contributed by atoms with E-state index in [1.807, 2.05) is 0 Å². The van der Waals surface area contributed by atoms with Gasteiger partial charge in [-0.2, -0.15) is 0 Å². The second-order valence-corrected chi connectivity index (χ2v) is 5.77. The van der Waals surface area contributed by atoms with Crippen LogP contribution in [0.5, 0.6) is 0 Å². The molecule has 0 aromatic carbocycles. The Morgan fingerprint density at radius 3 is 2.38 bits per heavy atom. The smallest absolute Gasteiger partial charge is 0.0109 e. The summed E-state index contributed by atoms with van der Waals surface area (Å²) in [4.78, 5) is 4.90. The summed E-state index contributed by atoms with van der Waals surface area (Å²) in [7, 11) is 4.32. The normalized spacial score (nSPS) is 24.2. The molecule has 0 bridgehead atoms. The van der Waals surface area contributed by atoms with Crippen LogP contribution in [-0.4, -0.2) is 62.7 Å². The molecule has 0 unspecified atom stereocenters. The molecule has 1 N–H and O–H groups in total. The lowest BCUT2D eigenvalue weighted by atomic mass is 9.97. The van der Waals surface area contributed by atoms with Crippen molar-refractivity contribution in [1.82, 2.24) is 15.1 Å². The third kappa shape index (κ3) is 4.40. The molecule has 2 rings (SSSR count). The first-order chi connectivity index (χ1) is 7.74. The molecule has 3 heteroatoms. The minimum Gasteiger partial charge on any atom is -0.314 e. The van der Waals surface area contributed by atoms with E-state index in [4.69, 9.17) is 0 Å². The average Bonchev–Trinajstić information content (AvgIpc) is 3.09. The Bertz CT molecular complexity index is 179. The highest BCUT2D eigenvalue weighted by Crippen LogP contribution is 2.21. The van der Waals surface area contributed by atoms with E-state index < -0.39 is 0 Å². The summed E-state index contributed by atoms with van der Waals surface area (Å²) in [6, 6.07) is 0.881. The second kappa shape index (κ2) is 5.99. The van der Waals surface area contributed by atoms with Crippen LogP contribution in [-0.2, 0) is 0 Å². The third-order valence-electron chi connectivity index (χ3n) is 3.84. The first-order valence-electron chi connectivity index (χ1n) is 6.84. The number of likely N-dealkylation sites (tertiary alicyclic amines) is 1. The summed E-state index contributed by atoms with van der Waals surface area (Å²) in [6.45, 7) is 6.34. The van der Waals surface area contributed by atoms with E-state index in [1.165, 1.54) is 58.4 Å². The molecule has 2 fully saturated rings. The van der Waals surface area contributed by atoms with Crippen LogP contribution in [0.3, 0.4) is 0 Å². The van der Waals surface area contributed by atoms with Gasteiger partial charge in [0.1, 0.15) is 0 Å². The number of nitrogens with one attached hydrogen (secondary N) is 1. The van der Waals surface area contributed by atoms with E-state index >= 15 is 0 Å². The van der Waals surface area contributed by atoms with Crippen LogP contribution in [0.4, 0.5) is 0 Å². The van der Waals surface area contributed by atoms with E-state index in [9.17, 15) is 0 Å². The maximum absolute atomic E-state index is 3.66. The Morgan fingerprint density at radius 1 is 1.12 bits per heavy atom. The lowest BCUT2D eigenvalue weighted by Gasteiger charge is -2.32. The molecule has 0 aromatic rings. The van der Waals surface area contributed by atoms with Gasteiger partial charge in [-0.25, -0.2) is 0 Å². The molecule has 0 aromatic heterocycles. The monoisotopic (exact) mass is 225 g/mol. The maximum Gasteiger partial charge on any atom is 0.0109 e. The number of hydrogen-bond acceptors (Lipinski definition) is 3. The van der Waals surface area contributed by atoms with E-state index in [2.05, 4.69) is 29.2 Å². The van der Waals surface area contributed by atoms with Crippen molar-refractivity contribution in [3.8, 4) is 0 Å². The van der Waals surface area contributed by atoms with Crippen molar-refractivity contribution in [2.75, 3.05) is 46.8 Å². The summed E-state index contributed by atoms with van der Waals surface area (Å²) in [6.07, 6.45) is 5.63. The van der Waals surface area contributed by atoms with Crippen molar-refractivity contribution in [2.24, 2.45) is 5.92 Å². The number of nitrogens with zero attached hydrogens (tertiary/aromatic N) is 2. The average molecular weight is 225 g/mol. The van der Waals surface area contributed by atoms with E-state index in [0.717, 1.165) is 12.0 Å². The van der Waals surface area contributed by atoms with Crippen LogP contribution in [0.1, 0.15) is 25.7 Å². The predicted molar refractivity (Wildman–Crippen MR) is 68.7 cm³/mol. The van der Waals surface area contributed by atoms with Gasteiger partial charge < -0.3 is 15.1 Å². The van der Waals surface area contributed by atoms with Crippen LogP contribution in [0.25, 0.3) is 0 Å². The minimum atomic E-state index is 0.881. The van der Waals surface area contributed by atoms with Gasteiger partial charge in [0.15, 0.2) is 0 Å². The van der Waals surface area contributed by atoms with E-state index in [-0.39, 0.29) is 0 Å². The molecule has 1 aliphatic heterocycles. The third-order valence-corrected chi connectivity index (χ3v) is 3.84. The van der Waals surface area contributed by atoms with Crippen molar-refractivity contribution < 1.29 is 0 Å². The zero-order chi connectivity index (χ0) is 11.4. The quantitative estimate of drug-likeness (QED) is 0.728. The first-order valence-corrected chi connectivity index (χ1v) is 6.84. The highest BCUT2D eigenvalue weighted by molar-refractivity contribution is 4.83. The number of piperidine rings is 1. The highest BCUT2D eigenvalue weighted by Gasteiger charge is 2.24. The summed E-state index contributed by atoms with van der Waals surface area (Å²) in [5, 5.41) is 3.66. The van der Waals surface area contributed by atoms with Crippen LogP contribution in [0.15, 0.2) is 0 Å². The van der Waals surface area contributed by atoms with E-state index in [1.54, 1.807) is 0 Å². The van der Waals surface area contributed by atoms with Crippen molar-refractivity contribution >= 4 is 0 Å². The Kier molecular flexibility index (Phi) is 4.62. The maximum atomic E-state index is 3.66. The first kappa shape index (κ1) is 12.3. The molecule has 94 valence electrons. The number of likely N-dealkylation sites (N-methyl/N-ethyl adjacent to an activating group) is 1. The summed E-state index contributed by atoms with van der Waals surface area (Å²) in [5.74, 6) is 0.941. The second-order valence-electron chi connectivity index (χ2n) is 5.77. The summed E-state index contributed by atoms with van der Waals surface area (Å²) < 4.78 is 0. The molecular weight excluding hydrogens is 198 g/mol.